The molecule has 3 heteroatoms. The molecular weight excluding hydrogens is 214 g/mol. The third kappa shape index (κ3) is 7.75. The van der Waals surface area contributed by atoms with Crippen molar-refractivity contribution in [3.8, 4) is 0 Å². The maximum atomic E-state index is 11.0. The average Bonchev–Trinajstić information content (AvgIpc) is 2.35. The Hall–Kier alpha value is -1.09. The summed E-state index contributed by atoms with van der Waals surface area (Å²) < 4.78 is 4.82. The number of nitrogens with one attached hydrogen (secondary N) is 1. The summed E-state index contributed by atoms with van der Waals surface area (Å²) in [6.07, 6.45) is 7.59. The number of carbonyl (C=O) groups excluding carboxylic acids is 1. The van der Waals surface area contributed by atoms with E-state index in [1.807, 2.05) is 20.8 Å². The maximum absolute atomic E-state index is 11.0. The van der Waals surface area contributed by atoms with E-state index in [0.717, 1.165) is 13.0 Å². The molecule has 1 aliphatic rings. The molecule has 0 aliphatic heterocycles. The molecule has 1 aliphatic carbocycles. The standard InChI is InChI=1S/C12H19NO2.C2H6/c1-3-15-12(14)9-13-8-11-6-4-10(2)5-7-11;1-2/h4-6,11,13H,3,7-9H2,1-2H3;1-2H3. The van der Waals surface area contributed by atoms with Crippen LogP contribution in [-0.4, -0.2) is 25.7 Å². The summed E-state index contributed by atoms with van der Waals surface area (Å²) in [4.78, 5) is 11.0. The van der Waals surface area contributed by atoms with Gasteiger partial charge in [-0.3, -0.25) is 4.79 Å². The highest BCUT2D eigenvalue weighted by atomic mass is 16.5. The molecule has 0 aromatic carbocycles. The number of allylic oxidation sites excluding steroid dienone is 3. The Bertz CT molecular complexity index is 269. The number of esters is 1. The molecule has 0 saturated carbocycles. The molecule has 3 nitrogen and oxygen atoms in total. The zero-order chi connectivity index (χ0) is 13.1. The Morgan fingerprint density at radius 2 is 2.24 bits per heavy atom. The second-order valence-corrected chi connectivity index (χ2v) is 3.74. The van der Waals surface area contributed by atoms with Gasteiger partial charge in [0.05, 0.1) is 13.2 Å². The zero-order valence-corrected chi connectivity index (χ0v) is 11.5. The largest absolute Gasteiger partial charge is 0.465 e. The molecule has 98 valence electrons. The number of rotatable bonds is 5. The molecule has 1 atom stereocenters. The normalized spacial score (nSPS) is 17.9. The summed E-state index contributed by atoms with van der Waals surface area (Å²) in [7, 11) is 0. The third-order valence-corrected chi connectivity index (χ3v) is 2.36. The van der Waals surface area contributed by atoms with Gasteiger partial charge >= 0.3 is 5.97 Å². The van der Waals surface area contributed by atoms with Gasteiger partial charge < -0.3 is 10.1 Å². The summed E-state index contributed by atoms with van der Waals surface area (Å²) in [5.41, 5.74) is 1.32. The van der Waals surface area contributed by atoms with E-state index in [4.69, 9.17) is 4.74 Å². The molecule has 17 heavy (non-hydrogen) atoms. The Kier molecular flexibility index (Phi) is 9.44. The second-order valence-electron chi connectivity index (χ2n) is 3.74. The Morgan fingerprint density at radius 3 is 2.76 bits per heavy atom. The van der Waals surface area contributed by atoms with Gasteiger partial charge in [0.25, 0.3) is 0 Å². The second kappa shape index (κ2) is 10.1. The van der Waals surface area contributed by atoms with Crippen LogP contribution in [0.1, 0.15) is 34.1 Å². The minimum atomic E-state index is -0.177. The molecule has 0 aromatic rings. The van der Waals surface area contributed by atoms with Gasteiger partial charge in [0, 0.05) is 6.54 Å². The minimum absolute atomic E-state index is 0.177. The first-order valence-corrected chi connectivity index (χ1v) is 6.43. The molecule has 1 unspecified atom stereocenters. The number of carbonyl (C=O) groups is 1. The predicted molar refractivity (Wildman–Crippen MR) is 71.9 cm³/mol. The smallest absolute Gasteiger partial charge is 0.319 e. The molecule has 0 aromatic heterocycles. The lowest BCUT2D eigenvalue weighted by molar-refractivity contribution is -0.142. The zero-order valence-electron chi connectivity index (χ0n) is 11.5. The van der Waals surface area contributed by atoms with Gasteiger partial charge in [-0.25, -0.2) is 0 Å². The van der Waals surface area contributed by atoms with Crippen LogP contribution in [0.3, 0.4) is 0 Å². The van der Waals surface area contributed by atoms with E-state index >= 15 is 0 Å². The lowest BCUT2D eigenvalue weighted by Gasteiger charge is -2.15. The number of hydrogen-bond donors (Lipinski definition) is 1. The molecule has 0 amide bonds. The van der Waals surface area contributed by atoms with Crippen LogP contribution in [0.25, 0.3) is 0 Å². The summed E-state index contributed by atoms with van der Waals surface area (Å²) in [5, 5.41) is 3.10. The SMILES string of the molecule is CC.CCOC(=O)CNCC1C=CC(C)=CC1. The molecule has 0 radical (unpaired) electrons. The van der Waals surface area contributed by atoms with Gasteiger partial charge in [-0.2, -0.15) is 0 Å². The average molecular weight is 239 g/mol. The first-order chi connectivity index (χ1) is 8.22. The fourth-order valence-electron chi connectivity index (χ4n) is 1.49. The van der Waals surface area contributed by atoms with Crippen LogP contribution in [0.5, 0.6) is 0 Å². The van der Waals surface area contributed by atoms with E-state index in [1.54, 1.807) is 0 Å². The molecule has 1 N–H and O–H groups in total. The lowest BCUT2D eigenvalue weighted by atomic mass is 9.97. The first-order valence-electron chi connectivity index (χ1n) is 6.43. The van der Waals surface area contributed by atoms with Gasteiger partial charge in [0.2, 0.25) is 0 Å². The van der Waals surface area contributed by atoms with Crippen LogP contribution in [0.2, 0.25) is 0 Å². The highest BCUT2D eigenvalue weighted by Gasteiger charge is 2.07. The molecule has 0 saturated heterocycles. The fourth-order valence-corrected chi connectivity index (χ4v) is 1.49. The molecular formula is C14H25NO2. The Morgan fingerprint density at radius 1 is 1.53 bits per heavy atom. The van der Waals surface area contributed by atoms with Crippen LogP contribution in [-0.2, 0) is 9.53 Å². The van der Waals surface area contributed by atoms with Crippen molar-refractivity contribution in [3.05, 3.63) is 23.8 Å². The monoisotopic (exact) mass is 239 g/mol. The minimum Gasteiger partial charge on any atom is -0.465 e. The van der Waals surface area contributed by atoms with Crippen molar-refractivity contribution < 1.29 is 9.53 Å². The van der Waals surface area contributed by atoms with Crippen LogP contribution < -0.4 is 5.32 Å². The van der Waals surface area contributed by atoms with E-state index < -0.39 is 0 Å². The van der Waals surface area contributed by atoms with Gasteiger partial charge in [-0.05, 0) is 26.2 Å². The molecule has 0 bridgehead atoms. The van der Waals surface area contributed by atoms with Crippen LogP contribution in [0, 0.1) is 5.92 Å². The van der Waals surface area contributed by atoms with Crippen molar-refractivity contribution in [2.24, 2.45) is 5.92 Å². The van der Waals surface area contributed by atoms with Crippen LogP contribution in [0.15, 0.2) is 23.8 Å². The fraction of sp³-hybridized carbons (Fsp3) is 0.643. The summed E-state index contributed by atoms with van der Waals surface area (Å²) in [5.74, 6) is 0.326. The van der Waals surface area contributed by atoms with E-state index in [1.165, 1.54) is 5.57 Å². The van der Waals surface area contributed by atoms with Crippen LogP contribution in [0.4, 0.5) is 0 Å². The Balaban J connectivity index is 0.00000121. The summed E-state index contributed by atoms with van der Waals surface area (Å²) >= 11 is 0. The highest BCUT2D eigenvalue weighted by molar-refractivity contribution is 5.71. The van der Waals surface area contributed by atoms with Crippen molar-refractivity contribution in [3.63, 3.8) is 0 Å². The summed E-state index contributed by atoms with van der Waals surface area (Å²) in [6.45, 7) is 9.50. The maximum Gasteiger partial charge on any atom is 0.319 e. The number of hydrogen-bond acceptors (Lipinski definition) is 3. The molecule has 1 rings (SSSR count). The van der Waals surface area contributed by atoms with E-state index in [-0.39, 0.29) is 5.97 Å². The molecule has 0 heterocycles. The van der Waals surface area contributed by atoms with Crippen molar-refractivity contribution in [1.82, 2.24) is 5.32 Å². The molecule has 0 fully saturated rings. The van der Waals surface area contributed by atoms with Gasteiger partial charge in [0.15, 0.2) is 0 Å². The molecule has 0 spiro atoms. The highest BCUT2D eigenvalue weighted by Crippen LogP contribution is 2.14. The third-order valence-electron chi connectivity index (χ3n) is 2.36. The summed E-state index contributed by atoms with van der Waals surface area (Å²) in [6, 6.07) is 0. The number of ether oxygens (including phenoxy) is 1. The topological polar surface area (TPSA) is 38.3 Å². The lowest BCUT2D eigenvalue weighted by Crippen LogP contribution is -2.29. The van der Waals surface area contributed by atoms with Crippen molar-refractivity contribution in [2.75, 3.05) is 19.7 Å². The van der Waals surface area contributed by atoms with Crippen molar-refractivity contribution >= 4 is 5.97 Å². The Labute approximate surface area is 105 Å². The van der Waals surface area contributed by atoms with Crippen molar-refractivity contribution in [2.45, 2.75) is 34.1 Å². The predicted octanol–water partition coefficient (Wildman–Crippen LogP) is 2.69. The van der Waals surface area contributed by atoms with Crippen molar-refractivity contribution in [1.29, 1.82) is 0 Å². The van der Waals surface area contributed by atoms with E-state index in [9.17, 15) is 4.79 Å². The van der Waals surface area contributed by atoms with Gasteiger partial charge in [0.1, 0.15) is 0 Å². The van der Waals surface area contributed by atoms with Gasteiger partial charge in [-0.1, -0.05) is 37.6 Å². The quantitative estimate of drug-likeness (QED) is 0.750. The first kappa shape index (κ1) is 15.9. The van der Waals surface area contributed by atoms with Gasteiger partial charge in [-0.15, -0.1) is 0 Å². The van der Waals surface area contributed by atoms with Crippen LogP contribution >= 0.6 is 0 Å². The van der Waals surface area contributed by atoms with E-state index in [0.29, 0.717) is 19.1 Å². The van der Waals surface area contributed by atoms with E-state index in [2.05, 4.69) is 30.5 Å².